The third kappa shape index (κ3) is 4.45. The van der Waals surface area contributed by atoms with E-state index in [9.17, 15) is 9.59 Å². The molecule has 1 amide bonds. The number of carbonyl (C=O) groups excluding carboxylic acids is 1. The lowest BCUT2D eigenvalue weighted by Gasteiger charge is -2.20. The summed E-state index contributed by atoms with van der Waals surface area (Å²) in [6.07, 6.45) is 0. The van der Waals surface area contributed by atoms with Crippen molar-refractivity contribution in [2.75, 3.05) is 6.61 Å². The maximum Gasteiger partial charge on any atom is 0.339 e. The largest absolute Gasteiger partial charge is 0.483 e. The lowest BCUT2D eigenvalue weighted by atomic mass is 10.1. The monoisotopic (exact) mass is 251 g/mol. The molecule has 2 N–H and O–H groups in total. The molecule has 0 bridgehead atoms. The standard InChI is InChI=1S/C13H17NO4/c1-13(2,3)14-11(15)8-18-10-7-5-4-6-9(10)12(16)17/h4-7H,8H2,1-3H3,(H,14,15)(H,16,17). The van der Waals surface area contributed by atoms with E-state index in [2.05, 4.69) is 5.32 Å². The van der Waals surface area contributed by atoms with Gasteiger partial charge in [0, 0.05) is 5.54 Å². The molecule has 0 radical (unpaired) electrons. The van der Waals surface area contributed by atoms with Crippen molar-refractivity contribution in [3.8, 4) is 5.75 Å². The third-order valence-corrected chi connectivity index (χ3v) is 1.99. The van der Waals surface area contributed by atoms with Crippen LogP contribution in [0.3, 0.4) is 0 Å². The van der Waals surface area contributed by atoms with Crippen molar-refractivity contribution in [1.29, 1.82) is 0 Å². The summed E-state index contributed by atoms with van der Waals surface area (Å²) < 4.78 is 5.21. The molecule has 0 aliphatic heterocycles. The van der Waals surface area contributed by atoms with Crippen LogP contribution in [0.4, 0.5) is 0 Å². The second-order valence-electron chi connectivity index (χ2n) is 4.89. The Labute approximate surface area is 106 Å². The fourth-order valence-corrected chi connectivity index (χ4v) is 1.37. The van der Waals surface area contributed by atoms with Crippen molar-refractivity contribution in [1.82, 2.24) is 5.32 Å². The number of amides is 1. The van der Waals surface area contributed by atoms with Crippen LogP contribution in [0.5, 0.6) is 5.75 Å². The van der Waals surface area contributed by atoms with Crippen molar-refractivity contribution in [3.63, 3.8) is 0 Å². The van der Waals surface area contributed by atoms with Crippen molar-refractivity contribution < 1.29 is 19.4 Å². The number of rotatable bonds is 4. The Morgan fingerprint density at radius 2 is 1.89 bits per heavy atom. The van der Waals surface area contributed by atoms with Gasteiger partial charge >= 0.3 is 5.97 Å². The Morgan fingerprint density at radius 3 is 2.44 bits per heavy atom. The van der Waals surface area contributed by atoms with E-state index in [1.165, 1.54) is 12.1 Å². The Morgan fingerprint density at radius 1 is 1.28 bits per heavy atom. The average molecular weight is 251 g/mol. The molecule has 0 spiro atoms. The van der Waals surface area contributed by atoms with Crippen LogP contribution in [0.25, 0.3) is 0 Å². The van der Waals surface area contributed by atoms with E-state index < -0.39 is 5.97 Å². The van der Waals surface area contributed by atoms with Crippen LogP contribution < -0.4 is 10.1 Å². The van der Waals surface area contributed by atoms with Crippen molar-refractivity contribution in [3.05, 3.63) is 29.8 Å². The van der Waals surface area contributed by atoms with Gasteiger partial charge in [0.15, 0.2) is 6.61 Å². The number of benzene rings is 1. The summed E-state index contributed by atoms with van der Waals surface area (Å²) in [5, 5.41) is 11.7. The zero-order valence-corrected chi connectivity index (χ0v) is 10.7. The molecule has 1 aromatic rings. The first-order valence-electron chi connectivity index (χ1n) is 5.56. The fourth-order valence-electron chi connectivity index (χ4n) is 1.37. The van der Waals surface area contributed by atoms with Gasteiger partial charge in [-0.3, -0.25) is 4.79 Å². The molecule has 0 saturated carbocycles. The zero-order valence-electron chi connectivity index (χ0n) is 10.7. The van der Waals surface area contributed by atoms with Gasteiger partial charge in [0.2, 0.25) is 0 Å². The van der Waals surface area contributed by atoms with E-state index in [1.54, 1.807) is 12.1 Å². The van der Waals surface area contributed by atoms with Crippen LogP contribution in [0.2, 0.25) is 0 Å². The minimum atomic E-state index is -1.08. The quantitative estimate of drug-likeness (QED) is 0.853. The number of para-hydroxylation sites is 1. The molecule has 98 valence electrons. The van der Waals surface area contributed by atoms with Gasteiger partial charge in [-0.2, -0.15) is 0 Å². The van der Waals surface area contributed by atoms with E-state index in [-0.39, 0.29) is 29.4 Å². The summed E-state index contributed by atoms with van der Waals surface area (Å²) in [5.41, 5.74) is -0.298. The number of hydrogen-bond donors (Lipinski definition) is 2. The van der Waals surface area contributed by atoms with Gasteiger partial charge in [-0.15, -0.1) is 0 Å². The van der Waals surface area contributed by atoms with Crippen LogP contribution in [-0.4, -0.2) is 29.1 Å². The number of hydrogen-bond acceptors (Lipinski definition) is 3. The molecule has 0 fully saturated rings. The van der Waals surface area contributed by atoms with Crippen LogP contribution in [0.15, 0.2) is 24.3 Å². The number of carboxylic acid groups (broad SMARTS) is 1. The highest BCUT2D eigenvalue weighted by atomic mass is 16.5. The molecule has 1 rings (SSSR count). The maximum absolute atomic E-state index is 11.5. The SMILES string of the molecule is CC(C)(C)NC(=O)COc1ccccc1C(=O)O. The van der Waals surface area contributed by atoms with Crippen molar-refractivity contribution >= 4 is 11.9 Å². The molecule has 0 aliphatic carbocycles. The number of ether oxygens (including phenoxy) is 1. The molecule has 5 nitrogen and oxygen atoms in total. The van der Waals surface area contributed by atoms with E-state index in [0.29, 0.717) is 0 Å². The number of carbonyl (C=O) groups is 2. The molecule has 0 saturated heterocycles. The summed E-state index contributed by atoms with van der Waals surface area (Å²) in [5.74, 6) is -1.18. The van der Waals surface area contributed by atoms with Crippen LogP contribution in [0, 0.1) is 0 Å². The van der Waals surface area contributed by atoms with Gasteiger partial charge in [0.25, 0.3) is 5.91 Å². The summed E-state index contributed by atoms with van der Waals surface area (Å²) in [7, 11) is 0. The van der Waals surface area contributed by atoms with E-state index in [0.717, 1.165) is 0 Å². The van der Waals surface area contributed by atoms with E-state index >= 15 is 0 Å². The number of aromatic carboxylic acids is 1. The molecule has 0 aliphatic rings. The first-order valence-corrected chi connectivity index (χ1v) is 5.56. The van der Waals surface area contributed by atoms with Gasteiger partial charge in [-0.05, 0) is 32.9 Å². The van der Waals surface area contributed by atoms with Crippen LogP contribution in [0.1, 0.15) is 31.1 Å². The van der Waals surface area contributed by atoms with Gasteiger partial charge < -0.3 is 15.2 Å². The van der Waals surface area contributed by atoms with Gasteiger partial charge in [0.05, 0.1) is 0 Å². The molecule has 0 heterocycles. The topological polar surface area (TPSA) is 75.6 Å². The number of nitrogens with one attached hydrogen (secondary N) is 1. The summed E-state index contributed by atoms with van der Waals surface area (Å²) >= 11 is 0. The average Bonchev–Trinajstić information content (AvgIpc) is 2.24. The fraction of sp³-hybridized carbons (Fsp3) is 0.385. The second kappa shape index (κ2) is 5.53. The Balaban J connectivity index is 2.64. The highest BCUT2D eigenvalue weighted by Crippen LogP contribution is 2.17. The van der Waals surface area contributed by atoms with Crippen molar-refractivity contribution in [2.45, 2.75) is 26.3 Å². The van der Waals surface area contributed by atoms with Crippen LogP contribution >= 0.6 is 0 Å². The molecular weight excluding hydrogens is 234 g/mol. The highest BCUT2D eigenvalue weighted by Gasteiger charge is 2.15. The zero-order chi connectivity index (χ0) is 13.8. The summed E-state index contributed by atoms with van der Waals surface area (Å²) in [4.78, 5) is 22.4. The lowest BCUT2D eigenvalue weighted by molar-refractivity contribution is -0.124. The summed E-state index contributed by atoms with van der Waals surface area (Å²) in [6.45, 7) is 5.36. The maximum atomic E-state index is 11.5. The number of carboxylic acids is 1. The highest BCUT2D eigenvalue weighted by molar-refractivity contribution is 5.91. The third-order valence-electron chi connectivity index (χ3n) is 1.99. The molecular formula is C13H17NO4. The molecule has 0 unspecified atom stereocenters. The first kappa shape index (κ1) is 14.0. The Kier molecular flexibility index (Phi) is 4.31. The smallest absolute Gasteiger partial charge is 0.339 e. The minimum absolute atomic E-state index is 0.0426. The Hall–Kier alpha value is -2.04. The van der Waals surface area contributed by atoms with E-state index in [1.807, 2.05) is 20.8 Å². The van der Waals surface area contributed by atoms with E-state index in [4.69, 9.17) is 9.84 Å². The molecule has 5 heteroatoms. The van der Waals surface area contributed by atoms with Gasteiger partial charge in [0.1, 0.15) is 11.3 Å². The Bertz CT molecular complexity index is 449. The minimum Gasteiger partial charge on any atom is -0.483 e. The van der Waals surface area contributed by atoms with Crippen molar-refractivity contribution in [2.24, 2.45) is 0 Å². The first-order chi connectivity index (χ1) is 8.29. The van der Waals surface area contributed by atoms with Gasteiger partial charge in [-0.25, -0.2) is 4.79 Å². The molecule has 0 atom stereocenters. The molecule has 18 heavy (non-hydrogen) atoms. The normalized spacial score (nSPS) is 10.8. The summed E-state index contributed by atoms with van der Waals surface area (Å²) in [6, 6.07) is 6.21. The second-order valence-corrected chi connectivity index (χ2v) is 4.89. The molecule has 0 aromatic heterocycles. The molecule has 1 aromatic carbocycles. The van der Waals surface area contributed by atoms with Crippen LogP contribution in [-0.2, 0) is 4.79 Å². The lowest BCUT2D eigenvalue weighted by Crippen LogP contribution is -2.43. The predicted octanol–water partition coefficient (Wildman–Crippen LogP) is 1.68. The van der Waals surface area contributed by atoms with Gasteiger partial charge in [-0.1, -0.05) is 12.1 Å². The predicted molar refractivity (Wildman–Crippen MR) is 66.8 cm³/mol.